The zero-order valence-corrected chi connectivity index (χ0v) is 17.7. The van der Waals surface area contributed by atoms with Gasteiger partial charge in [-0.1, -0.05) is 23.5 Å². The third-order valence-electron chi connectivity index (χ3n) is 4.86. The Bertz CT molecular complexity index is 1280. The molecule has 1 atom stereocenters. The van der Waals surface area contributed by atoms with Gasteiger partial charge in [0.25, 0.3) is 5.56 Å². The van der Waals surface area contributed by atoms with E-state index in [0.29, 0.717) is 26.4 Å². The van der Waals surface area contributed by atoms with Gasteiger partial charge in [-0.05, 0) is 49.8 Å². The molecule has 8 heteroatoms. The highest BCUT2D eigenvalue weighted by Crippen LogP contribution is 2.31. The number of esters is 1. The zero-order chi connectivity index (χ0) is 21.3. The predicted octanol–water partition coefficient (Wildman–Crippen LogP) is 2.14. The molecular formula is C22H21N3O4S. The second-order valence-corrected chi connectivity index (χ2v) is 7.71. The van der Waals surface area contributed by atoms with Gasteiger partial charge in [-0.25, -0.2) is 9.79 Å². The second kappa shape index (κ2) is 8.16. The number of H-pyrrole nitrogens is 1. The molecule has 0 aliphatic carbocycles. The summed E-state index contributed by atoms with van der Waals surface area (Å²) >= 11 is 1.29. The monoisotopic (exact) mass is 423 g/mol. The van der Waals surface area contributed by atoms with E-state index in [9.17, 15) is 9.59 Å². The quantitative estimate of drug-likeness (QED) is 0.637. The van der Waals surface area contributed by atoms with Crippen molar-refractivity contribution in [3.8, 4) is 5.75 Å². The van der Waals surface area contributed by atoms with E-state index in [-0.39, 0.29) is 12.2 Å². The fourth-order valence-corrected chi connectivity index (χ4v) is 4.51. The summed E-state index contributed by atoms with van der Waals surface area (Å²) in [7, 11) is 1.59. The lowest BCUT2D eigenvalue weighted by Gasteiger charge is -2.24. The van der Waals surface area contributed by atoms with Gasteiger partial charge in [0.05, 0.1) is 35.6 Å². The van der Waals surface area contributed by atoms with Crippen LogP contribution >= 0.6 is 11.3 Å². The van der Waals surface area contributed by atoms with E-state index in [2.05, 4.69) is 9.98 Å². The number of fused-ring (bicyclic) bond motifs is 1. The van der Waals surface area contributed by atoms with Crippen molar-refractivity contribution in [1.82, 2.24) is 9.55 Å². The van der Waals surface area contributed by atoms with Crippen molar-refractivity contribution in [2.24, 2.45) is 4.99 Å². The largest absolute Gasteiger partial charge is 0.497 e. The van der Waals surface area contributed by atoms with Crippen molar-refractivity contribution in [1.29, 1.82) is 0 Å². The number of thiazole rings is 1. The highest BCUT2D eigenvalue weighted by atomic mass is 32.1. The van der Waals surface area contributed by atoms with Crippen LogP contribution in [-0.4, -0.2) is 29.2 Å². The van der Waals surface area contributed by atoms with Crippen LogP contribution < -0.4 is 19.6 Å². The van der Waals surface area contributed by atoms with Gasteiger partial charge in [-0.3, -0.25) is 9.36 Å². The maximum absolute atomic E-state index is 13.3. The SMILES string of the molecule is CCOC(=O)C1=C(C)N=c2s/c(=C/c3ccc[nH]3)c(=O)n2C1c1ccc(OC)cc1. The fourth-order valence-electron chi connectivity index (χ4n) is 3.47. The van der Waals surface area contributed by atoms with Crippen LogP contribution in [0.2, 0.25) is 0 Å². The summed E-state index contributed by atoms with van der Waals surface area (Å²) in [5.74, 6) is 0.217. The summed E-state index contributed by atoms with van der Waals surface area (Å²) in [6.45, 7) is 3.76. The van der Waals surface area contributed by atoms with E-state index in [1.807, 2.05) is 36.4 Å². The molecular weight excluding hydrogens is 402 g/mol. The van der Waals surface area contributed by atoms with Gasteiger partial charge in [0, 0.05) is 11.9 Å². The molecule has 30 heavy (non-hydrogen) atoms. The van der Waals surface area contributed by atoms with E-state index in [1.165, 1.54) is 11.3 Å². The van der Waals surface area contributed by atoms with E-state index in [4.69, 9.17) is 9.47 Å². The summed E-state index contributed by atoms with van der Waals surface area (Å²) < 4.78 is 12.6. The Hall–Kier alpha value is -3.39. The summed E-state index contributed by atoms with van der Waals surface area (Å²) in [5, 5.41) is 0. The lowest BCUT2D eigenvalue weighted by Crippen LogP contribution is -2.39. The minimum atomic E-state index is -0.628. The van der Waals surface area contributed by atoms with Crippen molar-refractivity contribution in [2.75, 3.05) is 13.7 Å². The van der Waals surface area contributed by atoms with Crippen LogP contribution in [0.3, 0.4) is 0 Å². The molecule has 0 saturated carbocycles. The molecule has 1 unspecified atom stereocenters. The molecule has 1 aliphatic heterocycles. The Labute approximate surface area is 176 Å². The fraction of sp³-hybridized carbons (Fsp3) is 0.227. The molecule has 0 saturated heterocycles. The van der Waals surface area contributed by atoms with Crippen LogP contribution in [0.25, 0.3) is 6.08 Å². The Morgan fingerprint density at radius 3 is 2.70 bits per heavy atom. The average molecular weight is 423 g/mol. The number of hydrogen-bond acceptors (Lipinski definition) is 6. The van der Waals surface area contributed by atoms with Crippen LogP contribution in [0.5, 0.6) is 5.75 Å². The summed E-state index contributed by atoms with van der Waals surface area (Å²) in [4.78, 5) is 34.3. The van der Waals surface area contributed by atoms with Gasteiger partial charge in [-0.15, -0.1) is 0 Å². The van der Waals surface area contributed by atoms with Gasteiger partial charge in [-0.2, -0.15) is 0 Å². The Morgan fingerprint density at radius 2 is 2.07 bits per heavy atom. The molecule has 3 aromatic rings. The molecule has 2 aromatic heterocycles. The molecule has 0 fully saturated rings. The number of rotatable bonds is 5. The normalized spacial score (nSPS) is 16.2. The Balaban J connectivity index is 1.95. The molecule has 0 spiro atoms. The standard InChI is InChI=1S/C22H21N3O4S/c1-4-29-21(27)18-13(2)24-22-25(19(18)14-7-9-16(28-3)10-8-14)20(26)17(30-22)12-15-6-5-11-23-15/h5-12,19,23H,4H2,1-3H3/b17-12+. The van der Waals surface area contributed by atoms with Crippen LogP contribution in [-0.2, 0) is 9.53 Å². The average Bonchev–Trinajstić information content (AvgIpc) is 3.36. The molecule has 0 radical (unpaired) electrons. The smallest absolute Gasteiger partial charge is 0.338 e. The second-order valence-electron chi connectivity index (χ2n) is 6.70. The van der Waals surface area contributed by atoms with Crippen molar-refractivity contribution in [3.63, 3.8) is 0 Å². The third kappa shape index (κ3) is 3.50. The van der Waals surface area contributed by atoms with Gasteiger partial charge < -0.3 is 14.5 Å². The number of hydrogen-bond donors (Lipinski definition) is 1. The molecule has 1 N–H and O–H groups in total. The Morgan fingerprint density at radius 1 is 1.30 bits per heavy atom. The van der Waals surface area contributed by atoms with Gasteiger partial charge in [0.2, 0.25) is 0 Å². The third-order valence-corrected chi connectivity index (χ3v) is 5.84. The summed E-state index contributed by atoms with van der Waals surface area (Å²) in [5.41, 5.74) is 2.30. The van der Waals surface area contributed by atoms with Crippen molar-refractivity contribution in [3.05, 3.63) is 84.8 Å². The topological polar surface area (TPSA) is 85.7 Å². The van der Waals surface area contributed by atoms with Crippen LogP contribution in [0.15, 0.2) is 63.7 Å². The van der Waals surface area contributed by atoms with E-state index in [0.717, 1.165) is 11.3 Å². The molecule has 154 valence electrons. The lowest BCUT2D eigenvalue weighted by atomic mass is 9.96. The first-order valence-electron chi connectivity index (χ1n) is 9.50. The van der Waals surface area contributed by atoms with Crippen molar-refractivity contribution < 1.29 is 14.3 Å². The van der Waals surface area contributed by atoms with E-state index in [1.54, 1.807) is 37.8 Å². The lowest BCUT2D eigenvalue weighted by molar-refractivity contribution is -0.139. The summed E-state index contributed by atoms with van der Waals surface area (Å²) in [6.07, 6.45) is 3.59. The first-order valence-corrected chi connectivity index (χ1v) is 10.3. The zero-order valence-electron chi connectivity index (χ0n) is 16.8. The molecule has 0 bridgehead atoms. The van der Waals surface area contributed by atoms with E-state index < -0.39 is 12.0 Å². The van der Waals surface area contributed by atoms with Crippen LogP contribution in [0, 0.1) is 0 Å². The minimum Gasteiger partial charge on any atom is -0.497 e. The van der Waals surface area contributed by atoms with Gasteiger partial charge in [0.15, 0.2) is 4.80 Å². The number of nitrogens with zero attached hydrogens (tertiary/aromatic N) is 2. The maximum atomic E-state index is 13.3. The number of aromatic nitrogens is 2. The molecule has 0 amide bonds. The van der Waals surface area contributed by atoms with Gasteiger partial charge >= 0.3 is 5.97 Å². The van der Waals surface area contributed by atoms with Crippen LogP contribution in [0.1, 0.15) is 31.1 Å². The number of carbonyl (C=O) groups is 1. The number of carbonyl (C=O) groups excluding carboxylic acids is 1. The number of benzene rings is 1. The summed E-state index contributed by atoms with van der Waals surface area (Å²) in [6, 6.07) is 10.4. The molecule has 3 heterocycles. The van der Waals surface area contributed by atoms with Crippen molar-refractivity contribution in [2.45, 2.75) is 19.9 Å². The minimum absolute atomic E-state index is 0.205. The van der Waals surface area contributed by atoms with Crippen molar-refractivity contribution >= 4 is 23.4 Å². The molecule has 7 nitrogen and oxygen atoms in total. The number of allylic oxidation sites excluding steroid dienone is 1. The maximum Gasteiger partial charge on any atom is 0.338 e. The van der Waals surface area contributed by atoms with E-state index >= 15 is 0 Å². The number of aromatic amines is 1. The highest BCUT2D eigenvalue weighted by Gasteiger charge is 2.33. The molecule has 1 aliphatic rings. The van der Waals surface area contributed by atoms with Crippen LogP contribution in [0.4, 0.5) is 0 Å². The number of nitrogens with one attached hydrogen (secondary N) is 1. The number of ether oxygens (including phenoxy) is 2. The molecule has 4 rings (SSSR count). The number of methoxy groups -OCH3 is 1. The first kappa shape index (κ1) is 19.9. The predicted molar refractivity (Wildman–Crippen MR) is 114 cm³/mol. The van der Waals surface area contributed by atoms with Gasteiger partial charge in [0.1, 0.15) is 5.75 Å². The first-order chi connectivity index (χ1) is 14.5. The Kier molecular flexibility index (Phi) is 5.41. The highest BCUT2D eigenvalue weighted by molar-refractivity contribution is 7.07. The molecule has 1 aromatic carbocycles.